The van der Waals surface area contributed by atoms with Gasteiger partial charge in [0.15, 0.2) is 11.0 Å². The molecule has 9 heteroatoms. The number of hydrogen-bond acceptors (Lipinski definition) is 5. The summed E-state index contributed by atoms with van der Waals surface area (Å²) in [6.07, 6.45) is 0.900. The molecule has 2 amide bonds. The van der Waals surface area contributed by atoms with E-state index < -0.39 is 0 Å². The van der Waals surface area contributed by atoms with Gasteiger partial charge in [0, 0.05) is 22.8 Å². The summed E-state index contributed by atoms with van der Waals surface area (Å²) in [4.78, 5) is 24.5. The fourth-order valence-corrected chi connectivity index (χ4v) is 3.99. The standard InChI is InChI=1S/C23H26ClN5O2S/c1-4-12-29-22(17-8-10-18(24)11-9-17)27-28-23(29)32-14-21(31)25-13-20(30)26-19-7-5-6-15(2)16(19)3/h5-11H,4,12-14H2,1-3H3,(H,25,31)(H,26,30). The lowest BCUT2D eigenvalue weighted by Gasteiger charge is -2.11. The number of carbonyl (C=O) groups is 2. The van der Waals surface area contributed by atoms with Crippen molar-refractivity contribution in [3.63, 3.8) is 0 Å². The van der Waals surface area contributed by atoms with E-state index in [1.165, 1.54) is 11.8 Å². The number of hydrogen-bond donors (Lipinski definition) is 2. The van der Waals surface area contributed by atoms with E-state index >= 15 is 0 Å². The van der Waals surface area contributed by atoms with E-state index in [0.717, 1.165) is 41.2 Å². The molecule has 168 valence electrons. The molecule has 0 unspecified atom stereocenters. The van der Waals surface area contributed by atoms with Gasteiger partial charge in [0.1, 0.15) is 0 Å². The largest absolute Gasteiger partial charge is 0.346 e. The topological polar surface area (TPSA) is 88.9 Å². The van der Waals surface area contributed by atoms with Crippen molar-refractivity contribution >= 4 is 40.9 Å². The van der Waals surface area contributed by atoms with Crippen LogP contribution in [0.15, 0.2) is 47.6 Å². The van der Waals surface area contributed by atoms with Crippen LogP contribution >= 0.6 is 23.4 Å². The SMILES string of the molecule is CCCn1c(SCC(=O)NCC(=O)Nc2cccc(C)c2C)nnc1-c1ccc(Cl)cc1. The minimum atomic E-state index is -0.267. The van der Waals surface area contributed by atoms with Gasteiger partial charge in [-0.2, -0.15) is 0 Å². The van der Waals surface area contributed by atoms with Gasteiger partial charge in [-0.25, -0.2) is 0 Å². The number of amides is 2. The fraction of sp³-hybridized carbons (Fsp3) is 0.304. The quantitative estimate of drug-likeness (QED) is 0.449. The predicted molar refractivity (Wildman–Crippen MR) is 129 cm³/mol. The first-order chi connectivity index (χ1) is 15.4. The summed E-state index contributed by atoms with van der Waals surface area (Å²) in [6, 6.07) is 13.1. The van der Waals surface area contributed by atoms with Crippen molar-refractivity contribution in [3.8, 4) is 11.4 Å². The monoisotopic (exact) mass is 471 g/mol. The minimum absolute atomic E-state index is 0.0928. The first-order valence-electron chi connectivity index (χ1n) is 10.3. The van der Waals surface area contributed by atoms with Gasteiger partial charge in [-0.05, 0) is 61.7 Å². The number of thioether (sulfide) groups is 1. The molecule has 7 nitrogen and oxygen atoms in total. The van der Waals surface area contributed by atoms with Crippen LogP contribution in [0.1, 0.15) is 24.5 Å². The molecule has 3 aromatic rings. The van der Waals surface area contributed by atoms with E-state index in [0.29, 0.717) is 10.2 Å². The van der Waals surface area contributed by atoms with Crippen molar-refractivity contribution in [2.45, 2.75) is 38.9 Å². The Bertz CT molecular complexity index is 1100. The number of rotatable bonds is 9. The van der Waals surface area contributed by atoms with Crippen molar-refractivity contribution in [1.82, 2.24) is 20.1 Å². The molecule has 0 aliphatic heterocycles. The fourth-order valence-electron chi connectivity index (χ4n) is 3.07. The van der Waals surface area contributed by atoms with Gasteiger partial charge in [-0.3, -0.25) is 9.59 Å². The third-order valence-corrected chi connectivity index (χ3v) is 6.14. The molecule has 2 N–H and O–H groups in total. The molecule has 1 heterocycles. The van der Waals surface area contributed by atoms with Crippen LogP contribution in [0, 0.1) is 13.8 Å². The Balaban J connectivity index is 1.55. The number of aromatic nitrogens is 3. The molecule has 0 fully saturated rings. The molecular formula is C23H26ClN5O2S. The number of nitrogens with zero attached hydrogens (tertiary/aromatic N) is 3. The summed E-state index contributed by atoms with van der Waals surface area (Å²) in [5.74, 6) is 0.361. The Morgan fingerprint density at radius 1 is 1.06 bits per heavy atom. The molecule has 32 heavy (non-hydrogen) atoms. The Hall–Kier alpha value is -2.84. The summed E-state index contributed by atoms with van der Waals surface area (Å²) in [6.45, 7) is 6.64. The third kappa shape index (κ3) is 6.11. The molecule has 0 aliphatic carbocycles. The van der Waals surface area contributed by atoms with Gasteiger partial charge in [0.05, 0.1) is 12.3 Å². The molecule has 0 aliphatic rings. The lowest BCUT2D eigenvalue weighted by molar-refractivity contribution is -0.122. The maximum atomic E-state index is 12.3. The summed E-state index contributed by atoms with van der Waals surface area (Å²) in [5.41, 5.74) is 3.77. The summed E-state index contributed by atoms with van der Waals surface area (Å²) >= 11 is 7.28. The van der Waals surface area contributed by atoms with Crippen molar-refractivity contribution in [2.75, 3.05) is 17.6 Å². The molecule has 0 saturated carbocycles. The molecule has 0 atom stereocenters. The van der Waals surface area contributed by atoms with Gasteiger partial charge >= 0.3 is 0 Å². The van der Waals surface area contributed by atoms with Gasteiger partial charge in [0.25, 0.3) is 0 Å². The lowest BCUT2D eigenvalue weighted by Crippen LogP contribution is -2.34. The molecule has 0 saturated heterocycles. The second-order valence-electron chi connectivity index (χ2n) is 7.33. The van der Waals surface area contributed by atoms with Crippen molar-refractivity contribution in [2.24, 2.45) is 0 Å². The maximum absolute atomic E-state index is 12.3. The number of halogens is 1. The van der Waals surface area contributed by atoms with Crippen LogP contribution in [0.25, 0.3) is 11.4 Å². The van der Waals surface area contributed by atoms with Crippen LogP contribution < -0.4 is 10.6 Å². The zero-order valence-corrected chi connectivity index (χ0v) is 19.9. The Morgan fingerprint density at radius 2 is 1.81 bits per heavy atom. The average Bonchev–Trinajstić information content (AvgIpc) is 3.17. The first kappa shape index (κ1) is 23.8. The first-order valence-corrected chi connectivity index (χ1v) is 11.7. The second-order valence-corrected chi connectivity index (χ2v) is 8.70. The van der Waals surface area contributed by atoms with Crippen LogP contribution in [-0.4, -0.2) is 38.9 Å². The number of nitrogens with one attached hydrogen (secondary N) is 2. The average molecular weight is 472 g/mol. The van der Waals surface area contributed by atoms with Gasteiger partial charge < -0.3 is 15.2 Å². The third-order valence-electron chi connectivity index (χ3n) is 4.92. The summed E-state index contributed by atoms with van der Waals surface area (Å²) < 4.78 is 1.99. The van der Waals surface area contributed by atoms with Crippen LogP contribution in [0.2, 0.25) is 5.02 Å². The second kappa shape index (κ2) is 11.2. The molecule has 0 spiro atoms. The molecule has 1 aromatic heterocycles. The minimum Gasteiger partial charge on any atom is -0.346 e. The predicted octanol–water partition coefficient (Wildman–Crippen LogP) is 4.47. The van der Waals surface area contributed by atoms with Crippen LogP contribution in [-0.2, 0) is 16.1 Å². The van der Waals surface area contributed by atoms with Gasteiger partial charge in [-0.1, -0.05) is 42.4 Å². The highest BCUT2D eigenvalue weighted by molar-refractivity contribution is 7.99. The van der Waals surface area contributed by atoms with E-state index in [-0.39, 0.29) is 24.1 Å². The zero-order valence-electron chi connectivity index (χ0n) is 18.3. The van der Waals surface area contributed by atoms with Crippen LogP contribution in [0.3, 0.4) is 0 Å². The van der Waals surface area contributed by atoms with Gasteiger partial charge in [-0.15, -0.1) is 10.2 Å². The zero-order chi connectivity index (χ0) is 23.1. The van der Waals surface area contributed by atoms with E-state index in [9.17, 15) is 9.59 Å². The Kier molecular flexibility index (Phi) is 8.30. The smallest absolute Gasteiger partial charge is 0.243 e. The van der Waals surface area contributed by atoms with E-state index in [4.69, 9.17) is 11.6 Å². The van der Waals surface area contributed by atoms with Crippen molar-refractivity contribution < 1.29 is 9.59 Å². The van der Waals surface area contributed by atoms with E-state index in [1.807, 2.05) is 60.9 Å². The summed E-state index contributed by atoms with van der Waals surface area (Å²) in [5, 5.41) is 15.4. The molecule has 3 rings (SSSR count). The Morgan fingerprint density at radius 3 is 2.53 bits per heavy atom. The lowest BCUT2D eigenvalue weighted by atomic mass is 10.1. The molecule has 0 radical (unpaired) electrons. The molecule has 0 bridgehead atoms. The van der Waals surface area contributed by atoms with Crippen LogP contribution in [0.5, 0.6) is 0 Å². The highest BCUT2D eigenvalue weighted by atomic mass is 35.5. The maximum Gasteiger partial charge on any atom is 0.243 e. The summed E-state index contributed by atoms with van der Waals surface area (Å²) in [7, 11) is 0. The number of aryl methyl sites for hydroxylation is 1. The number of carbonyl (C=O) groups excluding carboxylic acids is 2. The van der Waals surface area contributed by atoms with Crippen LogP contribution in [0.4, 0.5) is 5.69 Å². The number of benzene rings is 2. The number of anilines is 1. The normalized spacial score (nSPS) is 10.8. The highest BCUT2D eigenvalue weighted by Crippen LogP contribution is 2.25. The molecular weight excluding hydrogens is 446 g/mol. The molecule has 2 aromatic carbocycles. The van der Waals surface area contributed by atoms with E-state index in [2.05, 4.69) is 27.8 Å². The van der Waals surface area contributed by atoms with Crippen molar-refractivity contribution in [3.05, 3.63) is 58.6 Å². The van der Waals surface area contributed by atoms with Gasteiger partial charge in [0.2, 0.25) is 11.8 Å². The highest BCUT2D eigenvalue weighted by Gasteiger charge is 2.16. The van der Waals surface area contributed by atoms with Crippen molar-refractivity contribution in [1.29, 1.82) is 0 Å². The Labute approximate surface area is 197 Å². The van der Waals surface area contributed by atoms with E-state index in [1.54, 1.807) is 0 Å².